The third kappa shape index (κ3) is 4.41. The molecule has 22 heavy (non-hydrogen) atoms. The number of rotatable bonds is 5. The molecule has 2 aromatic rings. The molecule has 0 radical (unpaired) electrons. The topological polar surface area (TPSA) is 67.5 Å². The quantitative estimate of drug-likeness (QED) is 0.517. The Bertz CT molecular complexity index is 708. The minimum Gasteiger partial charge on any atom is -0.422 e. The van der Waals surface area contributed by atoms with Crippen LogP contribution in [0, 0.1) is 0 Å². The predicted molar refractivity (Wildman–Crippen MR) is 88.1 cm³/mol. The van der Waals surface area contributed by atoms with E-state index in [2.05, 4.69) is 21.9 Å². The van der Waals surface area contributed by atoms with Gasteiger partial charge >= 0.3 is 6.01 Å². The zero-order chi connectivity index (χ0) is 15.9. The molecule has 0 aliphatic rings. The lowest BCUT2D eigenvalue weighted by Gasteiger charge is -2.03. The van der Waals surface area contributed by atoms with Crippen molar-refractivity contribution in [1.82, 2.24) is 10.3 Å². The largest absolute Gasteiger partial charge is 0.422 e. The van der Waals surface area contributed by atoms with Crippen LogP contribution in [0.3, 0.4) is 0 Å². The van der Waals surface area contributed by atoms with Crippen molar-refractivity contribution in [3.8, 4) is 0 Å². The van der Waals surface area contributed by atoms with E-state index in [-0.39, 0.29) is 11.9 Å². The number of amidine groups is 1. The molecule has 114 valence electrons. The highest BCUT2D eigenvalue weighted by Crippen LogP contribution is 2.20. The van der Waals surface area contributed by atoms with Crippen molar-refractivity contribution in [3.05, 3.63) is 48.6 Å². The number of hydrogen-bond acceptors (Lipinski definition) is 4. The lowest BCUT2D eigenvalue weighted by Crippen LogP contribution is -2.27. The van der Waals surface area contributed by atoms with E-state index in [4.69, 9.17) is 4.42 Å². The molecular weight excluding hydrogens is 278 g/mol. The SMILES string of the molecule is C=C/C=C(\C)CCC(=O)NC(C)=Nc1nc2ccccc2o1. The molecule has 1 amide bonds. The van der Waals surface area contributed by atoms with Crippen molar-refractivity contribution in [2.45, 2.75) is 26.7 Å². The minimum atomic E-state index is -0.0887. The molecule has 0 saturated heterocycles. The molecule has 0 aliphatic carbocycles. The summed E-state index contributed by atoms with van der Waals surface area (Å²) in [7, 11) is 0. The van der Waals surface area contributed by atoms with Gasteiger partial charge in [0.25, 0.3) is 0 Å². The fraction of sp³-hybridized carbons (Fsp3) is 0.235. The number of nitrogens with one attached hydrogen (secondary N) is 1. The normalized spacial score (nSPS) is 12.5. The highest BCUT2D eigenvalue weighted by Gasteiger charge is 2.06. The molecule has 0 saturated carbocycles. The first-order valence-corrected chi connectivity index (χ1v) is 7.07. The number of para-hydroxylation sites is 2. The second-order valence-electron chi connectivity index (χ2n) is 4.96. The maximum Gasteiger partial charge on any atom is 0.324 e. The Morgan fingerprint density at radius 2 is 2.14 bits per heavy atom. The number of aliphatic imine (C=N–C) groups is 1. The number of nitrogens with zero attached hydrogens (tertiary/aromatic N) is 2. The molecule has 1 aromatic carbocycles. The molecular formula is C17H19N3O2. The number of carbonyl (C=O) groups excluding carboxylic acids is 1. The standard InChI is InChI=1S/C17H19N3O2/c1-4-7-12(2)10-11-16(21)18-13(3)19-17-20-14-8-5-6-9-15(14)22-17/h4-9H,1,10-11H2,2-3H3,(H,18,19,20,21)/b12-7+. The fourth-order valence-electron chi connectivity index (χ4n) is 1.94. The number of benzene rings is 1. The summed E-state index contributed by atoms with van der Waals surface area (Å²) in [4.78, 5) is 20.2. The van der Waals surface area contributed by atoms with Crippen LogP contribution in [0.15, 0.2) is 58.0 Å². The van der Waals surface area contributed by atoms with Crippen molar-refractivity contribution in [2.75, 3.05) is 0 Å². The van der Waals surface area contributed by atoms with Crippen molar-refractivity contribution in [3.63, 3.8) is 0 Å². The highest BCUT2D eigenvalue weighted by atomic mass is 16.4. The second kappa shape index (κ2) is 7.36. The zero-order valence-electron chi connectivity index (χ0n) is 12.8. The summed E-state index contributed by atoms with van der Waals surface area (Å²) in [6.45, 7) is 7.30. The number of carbonyl (C=O) groups is 1. The Labute approximate surface area is 129 Å². The molecule has 1 aromatic heterocycles. The first-order valence-electron chi connectivity index (χ1n) is 7.07. The Morgan fingerprint density at radius 1 is 1.36 bits per heavy atom. The number of hydrogen-bond donors (Lipinski definition) is 1. The van der Waals surface area contributed by atoms with E-state index in [0.717, 1.165) is 11.1 Å². The number of aromatic nitrogens is 1. The number of oxazole rings is 1. The smallest absolute Gasteiger partial charge is 0.324 e. The number of fused-ring (bicyclic) bond motifs is 1. The van der Waals surface area contributed by atoms with Gasteiger partial charge in [0, 0.05) is 6.42 Å². The average molecular weight is 297 g/mol. The minimum absolute atomic E-state index is 0.0887. The van der Waals surface area contributed by atoms with Crippen LogP contribution >= 0.6 is 0 Å². The van der Waals surface area contributed by atoms with Crippen molar-refractivity contribution in [2.24, 2.45) is 4.99 Å². The van der Waals surface area contributed by atoms with E-state index in [9.17, 15) is 4.79 Å². The third-order valence-electron chi connectivity index (χ3n) is 3.02. The van der Waals surface area contributed by atoms with Crippen LogP contribution in [0.5, 0.6) is 0 Å². The summed E-state index contributed by atoms with van der Waals surface area (Å²) in [6.07, 6.45) is 4.70. The molecule has 1 heterocycles. The first-order chi connectivity index (χ1) is 10.6. The number of allylic oxidation sites excluding steroid dienone is 3. The Kier molecular flexibility index (Phi) is 5.25. The molecule has 0 aliphatic heterocycles. The van der Waals surface area contributed by atoms with Gasteiger partial charge in [-0.05, 0) is 32.4 Å². The van der Waals surface area contributed by atoms with E-state index in [1.54, 1.807) is 13.0 Å². The summed E-state index contributed by atoms with van der Waals surface area (Å²) in [6, 6.07) is 7.66. The van der Waals surface area contributed by atoms with Gasteiger partial charge < -0.3 is 9.73 Å². The molecule has 5 heteroatoms. The highest BCUT2D eigenvalue weighted by molar-refractivity contribution is 5.97. The zero-order valence-corrected chi connectivity index (χ0v) is 12.8. The second-order valence-corrected chi connectivity index (χ2v) is 4.96. The molecule has 0 spiro atoms. The molecule has 5 nitrogen and oxygen atoms in total. The van der Waals surface area contributed by atoms with Gasteiger partial charge in [0.15, 0.2) is 5.58 Å². The Balaban J connectivity index is 1.95. The van der Waals surface area contributed by atoms with Crippen LogP contribution in [0.1, 0.15) is 26.7 Å². The molecule has 0 bridgehead atoms. The Hall–Kier alpha value is -2.69. The fourth-order valence-corrected chi connectivity index (χ4v) is 1.94. The predicted octanol–water partition coefficient (Wildman–Crippen LogP) is 3.91. The lowest BCUT2D eigenvalue weighted by atomic mass is 10.1. The average Bonchev–Trinajstić information content (AvgIpc) is 2.87. The van der Waals surface area contributed by atoms with Gasteiger partial charge in [-0.1, -0.05) is 36.4 Å². The first kappa shape index (κ1) is 15.7. The van der Waals surface area contributed by atoms with Gasteiger partial charge in [0.2, 0.25) is 5.91 Å². The van der Waals surface area contributed by atoms with E-state index < -0.39 is 0 Å². The van der Waals surface area contributed by atoms with E-state index in [1.165, 1.54) is 0 Å². The molecule has 0 unspecified atom stereocenters. The maximum atomic E-state index is 11.8. The van der Waals surface area contributed by atoms with E-state index in [1.807, 2.05) is 37.3 Å². The summed E-state index contributed by atoms with van der Waals surface area (Å²) >= 11 is 0. The number of amides is 1. The van der Waals surface area contributed by atoms with Crippen LogP contribution in [-0.4, -0.2) is 16.7 Å². The Morgan fingerprint density at radius 3 is 2.86 bits per heavy atom. The van der Waals surface area contributed by atoms with Crippen LogP contribution in [0.25, 0.3) is 11.1 Å². The van der Waals surface area contributed by atoms with Gasteiger partial charge in [-0.25, -0.2) is 0 Å². The van der Waals surface area contributed by atoms with Crippen molar-refractivity contribution >= 4 is 28.9 Å². The van der Waals surface area contributed by atoms with Gasteiger partial charge in [-0.3, -0.25) is 4.79 Å². The van der Waals surface area contributed by atoms with Crippen molar-refractivity contribution in [1.29, 1.82) is 0 Å². The lowest BCUT2D eigenvalue weighted by molar-refractivity contribution is -0.119. The van der Waals surface area contributed by atoms with Crippen LogP contribution in [0.2, 0.25) is 0 Å². The van der Waals surface area contributed by atoms with Gasteiger partial charge in [-0.2, -0.15) is 9.98 Å². The van der Waals surface area contributed by atoms with Crippen LogP contribution < -0.4 is 5.32 Å². The van der Waals surface area contributed by atoms with Crippen LogP contribution in [0.4, 0.5) is 6.01 Å². The molecule has 1 N–H and O–H groups in total. The summed E-state index contributed by atoms with van der Waals surface area (Å²) in [5.74, 6) is 0.371. The molecule has 2 rings (SSSR count). The summed E-state index contributed by atoms with van der Waals surface area (Å²) in [5, 5.41) is 2.73. The van der Waals surface area contributed by atoms with E-state index >= 15 is 0 Å². The van der Waals surface area contributed by atoms with Gasteiger partial charge in [-0.15, -0.1) is 0 Å². The molecule has 0 fully saturated rings. The van der Waals surface area contributed by atoms with Gasteiger partial charge in [0.1, 0.15) is 11.4 Å². The maximum absolute atomic E-state index is 11.8. The van der Waals surface area contributed by atoms with Crippen LogP contribution in [-0.2, 0) is 4.79 Å². The third-order valence-corrected chi connectivity index (χ3v) is 3.02. The molecule has 0 atom stereocenters. The monoisotopic (exact) mass is 297 g/mol. The summed E-state index contributed by atoms with van der Waals surface area (Å²) in [5.41, 5.74) is 2.52. The van der Waals surface area contributed by atoms with E-state index in [0.29, 0.717) is 24.3 Å². The van der Waals surface area contributed by atoms with Crippen molar-refractivity contribution < 1.29 is 9.21 Å². The van der Waals surface area contributed by atoms with Gasteiger partial charge in [0.05, 0.1) is 0 Å². The summed E-state index contributed by atoms with van der Waals surface area (Å²) < 4.78 is 5.48.